The van der Waals surface area contributed by atoms with Gasteiger partial charge in [0.25, 0.3) is 0 Å². The first-order valence-corrected chi connectivity index (χ1v) is 5.14. The molecular weight excluding hydrogens is 188 g/mol. The number of morpholine rings is 1. The van der Waals surface area contributed by atoms with Crippen LogP contribution in [0.4, 0.5) is 0 Å². The second-order valence-electron chi connectivity index (χ2n) is 3.87. The van der Waals surface area contributed by atoms with E-state index in [1.165, 1.54) is 0 Å². The maximum atomic E-state index is 8.68. The van der Waals surface area contributed by atoms with Crippen molar-refractivity contribution >= 4 is 0 Å². The average molecular weight is 202 g/mol. The van der Waals surface area contributed by atoms with Crippen molar-refractivity contribution in [2.45, 2.75) is 19.1 Å². The molecule has 3 nitrogen and oxygen atoms in total. The normalized spacial score (nSPS) is 25.9. The van der Waals surface area contributed by atoms with Crippen molar-refractivity contribution in [1.29, 1.82) is 5.26 Å². The van der Waals surface area contributed by atoms with Gasteiger partial charge in [-0.15, -0.1) is 0 Å². The molecule has 2 rings (SSSR count). The van der Waals surface area contributed by atoms with Gasteiger partial charge in [-0.25, -0.2) is 0 Å². The Bertz CT molecular complexity index is 358. The quantitative estimate of drug-likeness (QED) is 0.752. The van der Waals surface area contributed by atoms with E-state index in [2.05, 4.69) is 18.3 Å². The molecule has 0 saturated carbocycles. The van der Waals surface area contributed by atoms with Gasteiger partial charge in [0.05, 0.1) is 24.3 Å². The highest BCUT2D eigenvalue weighted by Gasteiger charge is 2.19. The van der Waals surface area contributed by atoms with Crippen LogP contribution in [0.5, 0.6) is 0 Å². The number of nitriles is 1. The van der Waals surface area contributed by atoms with E-state index in [0.29, 0.717) is 11.6 Å². The molecule has 15 heavy (non-hydrogen) atoms. The third-order valence-electron chi connectivity index (χ3n) is 2.61. The fraction of sp³-hybridized carbons (Fsp3) is 0.417. The molecule has 0 aromatic heterocycles. The molecule has 78 valence electrons. The van der Waals surface area contributed by atoms with Gasteiger partial charge in [0.15, 0.2) is 0 Å². The number of nitrogens with one attached hydrogen (secondary N) is 1. The zero-order valence-corrected chi connectivity index (χ0v) is 8.73. The largest absolute Gasteiger partial charge is 0.371 e. The van der Waals surface area contributed by atoms with Crippen LogP contribution in [0.2, 0.25) is 0 Å². The molecule has 1 aromatic carbocycles. The Morgan fingerprint density at radius 3 is 2.67 bits per heavy atom. The number of benzene rings is 1. The van der Waals surface area contributed by atoms with Gasteiger partial charge in [-0.2, -0.15) is 5.26 Å². The third kappa shape index (κ3) is 2.35. The van der Waals surface area contributed by atoms with Crippen molar-refractivity contribution in [3.63, 3.8) is 0 Å². The van der Waals surface area contributed by atoms with Gasteiger partial charge < -0.3 is 10.1 Å². The summed E-state index contributed by atoms with van der Waals surface area (Å²) in [5.41, 5.74) is 1.82. The van der Waals surface area contributed by atoms with Crippen LogP contribution in [0.1, 0.15) is 24.2 Å². The van der Waals surface area contributed by atoms with Crippen LogP contribution in [0.15, 0.2) is 24.3 Å². The van der Waals surface area contributed by atoms with Crippen molar-refractivity contribution in [2.75, 3.05) is 13.2 Å². The predicted molar refractivity (Wildman–Crippen MR) is 57.3 cm³/mol. The van der Waals surface area contributed by atoms with Crippen LogP contribution in [0, 0.1) is 11.3 Å². The lowest BCUT2D eigenvalue weighted by Crippen LogP contribution is -2.40. The molecule has 1 fully saturated rings. The molecule has 1 aromatic rings. The van der Waals surface area contributed by atoms with E-state index in [0.717, 1.165) is 18.7 Å². The predicted octanol–water partition coefficient (Wildman–Crippen LogP) is 1.61. The first kappa shape index (κ1) is 10.2. The Morgan fingerprint density at radius 2 is 2.13 bits per heavy atom. The van der Waals surface area contributed by atoms with Crippen LogP contribution in [0.3, 0.4) is 0 Å². The summed E-state index contributed by atoms with van der Waals surface area (Å²) in [4.78, 5) is 0. The Balaban J connectivity index is 2.07. The van der Waals surface area contributed by atoms with E-state index in [1.807, 2.05) is 24.3 Å². The number of ether oxygens (including phenoxy) is 1. The van der Waals surface area contributed by atoms with Gasteiger partial charge >= 0.3 is 0 Å². The Morgan fingerprint density at radius 1 is 1.40 bits per heavy atom. The Hall–Kier alpha value is -1.37. The zero-order valence-electron chi connectivity index (χ0n) is 8.73. The summed E-state index contributed by atoms with van der Waals surface area (Å²) in [6.07, 6.45) is 0.119. The summed E-state index contributed by atoms with van der Waals surface area (Å²) in [6, 6.07) is 10.1. The lowest BCUT2D eigenvalue weighted by molar-refractivity contribution is 0.00695. The highest BCUT2D eigenvalue weighted by Crippen LogP contribution is 2.20. The van der Waals surface area contributed by atoms with Crippen LogP contribution in [-0.4, -0.2) is 19.2 Å². The molecule has 0 spiro atoms. The van der Waals surface area contributed by atoms with E-state index < -0.39 is 0 Å². The van der Waals surface area contributed by atoms with Gasteiger partial charge in [-0.3, -0.25) is 0 Å². The van der Waals surface area contributed by atoms with E-state index in [1.54, 1.807) is 0 Å². The second-order valence-corrected chi connectivity index (χ2v) is 3.87. The van der Waals surface area contributed by atoms with Crippen LogP contribution in [0.25, 0.3) is 0 Å². The fourth-order valence-corrected chi connectivity index (χ4v) is 1.67. The molecule has 2 unspecified atom stereocenters. The van der Waals surface area contributed by atoms with E-state index >= 15 is 0 Å². The Kier molecular flexibility index (Phi) is 3.00. The van der Waals surface area contributed by atoms with Gasteiger partial charge in [0.2, 0.25) is 0 Å². The third-order valence-corrected chi connectivity index (χ3v) is 2.61. The molecule has 1 heterocycles. The molecule has 1 saturated heterocycles. The molecule has 3 heteroatoms. The zero-order chi connectivity index (χ0) is 10.7. The number of hydrogen-bond donors (Lipinski definition) is 1. The summed E-state index contributed by atoms with van der Waals surface area (Å²) < 4.78 is 5.70. The van der Waals surface area contributed by atoms with Gasteiger partial charge in [0.1, 0.15) is 0 Å². The van der Waals surface area contributed by atoms with Crippen molar-refractivity contribution in [1.82, 2.24) is 5.32 Å². The molecule has 0 amide bonds. The van der Waals surface area contributed by atoms with Crippen molar-refractivity contribution < 1.29 is 4.74 Å². The Labute approximate surface area is 89.7 Å². The van der Waals surface area contributed by atoms with Crippen molar-refractivity contribution in [2.24, 2.45) is 0 Å². The van der Waals surface area contributed by atoms with Crippen LogP contribution >= 0.6 is 0 Å². The summed E-state index contributed by atoms with van der Waals surface area (Å²) >= 11 is 0. The lowest BCUT2D eigenvalue weighted by Gasteiger charge is -2.28. The molecule has 2 atom stereocenters. The second kappa shape index (κ2) is 4.43. The molecule has 0 bridgehead atoms. The summed E-state index contributed by atoms with van der Waals surface area (Å²) in [7, 11) is 0. The molecule has 0 aliphatic carbocycles. The van der Waals surface area contributed by atoms with Crippen LogP contribution in [-0.2, 0) is 4.74 Å². The molecular formula is C12H14N2O. The molecule has 1 aliphatic heterocycles. The SMILES string of the molecule is CC1COC(c2ccc(C#N)cc2)CN1. The van der Waals surface area contributed by atoms with Gasteiger partial charge in [0, 0.05) is 12.6 Å². The highest BCUT2D eigenvalue weighted by molar-refractivity contribution is 5.32. The van der Waals surface area contributed by atoms with Crippen LogP contribution < -0.4 is 5.32 Å². The maximum absolute atomic E-state index is 8.68. The summed E-state index contributed by atoms with van der Waals surface area (Å²) in [6.45, 7) is 3.69. The first-order valence-electron chi connectivity index (χ1n) is 5.14. The topological polar surface area (TPSA) is 45.0 Å². The molecule has 1 aliphatic rings. The minimum absolute atomic E-state index is 0.119. The van der Waals surface area contributed by atoms with Crippen molar-refractivity contribution in [3.8, 4) is 6.07 Å². The van der Waals surface area contributed by atoms with E-state index in [-0.39, 0.29) is 6.10 Å². The minimum atomic E-state index is 0.119. The molecule has 1 N–H and O–H groups in total. The fourth-order valence-electron chi connectivity index (χ4n) is 1.67. The average Bonchev–Trinajstić information content (AvgIpc) is 2.30. The minimum Gasteiger partial charge on any atom is -0.371 e. The summed E-state index contributed by atoms with van der Waals surface area (Å²) in [5.74, 6) is 0. The van der Waals surface area contributed by atoms with Gasteiger partial charge in [-0.1, -0.05) is 12.1 Å². The first-order chi connectivity index (χ1) is 7.29. The highest BCUT2D eigenvalue weighted by atomic mass is 16.5. The summed E-state index contributed by atoms with van der Waals surface area (Å²) in [5, 5.41) is 12.0. The standard InChI is InChI=1S/C12H14N2O/c1-9-8-15-12(7-14-9)11-4-2-10(6-13)3-5-11/h2-5,9,12,14H,7-8H2,1H3. The van der Waals surface area contributed by atoms with E-state index in [4.69, 9.17) is 10.00 Å². The van der Waals surface area contributed by atoms with E-state index in [9.17, 15) is 0 Å². The molecule has 0 radical (unpaired) electrons. The number of nitrogens with zero attached hydrogens (tertiary/aromatic N) is 1. The lowest BCUT2D eigenvalue weighted by atomic mass is 10.1. The smallest absolute Gasteiger partial charge is 0.0991 e. The number of hydrogen-bond acceptors (Lipinski definition) is 3. The number of rotatable bonds is 1. The van der Waals surface area contributed by atoms with Crippen molar-refractivity contribution in [3.05, 3.63) is 35.4 Å². The van der Waals surface area contributed by atoms with Gasteiger partial charge in [-0.05, 0) is 24.6 Å². The monoisotopic (exact) mass is 202 g/mol. The maximum Gasteiger partial charge on any atom is 0.0991 e.